The van der Waals surface area contributed by atoms with Crippen molar-refractivity contribution in [3.8, 4) is 5.75 Å². The Morgan fingerprint density at radius 3 is 2.39 bits per heavy atom. The number of alkyl halides is 3. The Bertz CT molecular complexity index is 488. The fraction of sp³-hybridized carbons (Fsp3) is 0.556. The van der Waals surface area contributed by atoms with E-state index in [0.717, 1.165) is 30.8 Å². The number of halogens is 3. The predicted molar refractivity (Wildman–Crippen MR) is 87.0 cm³/mol. The molecule has 128 valence electrons. The summed E-state index contributed by atoms with van der Waals surface area (Å²) in [4.78, 5) is 2.36. The highest BCUT2D eigenvalue weighted by Gasteiger charge is 2.21. The Balaban J connectivity index is 1.80. The number of rotatable bonds is 6. The number of piperidine rings is 1. The third-order valence-corrected chi connectivity index (χ3v) is 4.17. The van der Waals surface area contributed by atoms with E-state index in [0.29, 0.717) is 5.75 Å². The van der Waals surface area contributed by atoms with Crippen LogP contribution in [-0.4, -0.2) is 25.9 Å². The van der Waals surface area contributed by atoms with Gasteiger partial charge < -0.3 is 9.64 Å². The molecule has 0 bridgehead atoms. The molecule has 0 amide bonds. The summed E-state index contributed by atoms with van der Waals surface area (Å²) in [5.41, 5.74) is 1.15. The van der Waals surface area contributed by atoms with Gasteiger partial charge in [0.15, 0.2) is 0 Å². The summed E-state index contributed by atoms with van der Waals surface area (Å²) in [7, 11) is 0. The molecule has 23 heavy (non-hydrogen) atoms. The molecular formula is C18H24F3NO. The molecule has 1 aliphatic rings. The number of allylic oxidation sites excluding steroid dienone is 1. The zero-order valence-corrected chi connectivity index (χ0v) is 13.5. The van der Waals surface area contributed by atoms with Crippen molar-refractivity contribution in [1.82, 2.24) is 0 Å². The van der Waals surface area contributed by atoms with Gasteiger partial charge in [-0.25, -0.2) is 0 Å². The minimum Gasteiger partial charge on any atom is -0.490 e. The number of anilines is 1. The van der Waals surface area contributed by atoms with Gasteiger partial charge in [0.2, 0.25) is 0 Å². The van der Waals surface area contributed by atoms with Crippen LogP contribution in [0.5, 0.6) is 5.75 Å². The largest absolute Gasteiger partial charge is 0.490 e. The SMILES string of the molecule is CCCC1CCN(c2ccc(OCC=CC(F)(F)F)cc2)CC1. The topological polar surface area (TPSA) is 12.5 Å². The van der Waals surface area contributed by atoms with Crippen LogP contribution in [0.25, 0.3) is 0 Å². The van der Waals surface area contributed by atoms with Crippen molar-refractivity contribution in [2.75, 3.05) is 24.6 Å². The molecule has 2 rings (SSSR count). The van der Waals surface area contributed by atoms with Crippen LogP contribution in [0, 0.1) is 5.92 Å². The van der Waals surface area contributed by atoms with Gasteiger partial charge in [-0.05, 0) is 49.1 Å². The van der Waals surface area contributed by atoms with E-state index in [1.807, 2.05) is 24.3 Å². The highest BCUT2D eigenvalue weighted by Crippen LogP contribution is 2.27. The van der Waals surface area contributed by atoms with Crippen molar-refractivity contribution in [2.45, 2.75) is 38.8 Å². The summed E-state index contributed by atoms with van der Waals surface area (Å²) in [6.07, 6.45) is 1.92. The molecule has 5 heteroatoms. The molecule has 1 aromatic carbocycles. The smallest absolute Gasteiger partial charge is 0.409 e. The number of nitrogens with zero attached hydrogens (tertiary/aromatic N) is 1. The minimum absolute atomic E-state index is 0.0821. The summed E-state index contributed by atoms with van der Waals surface area (Å²) in [5, 5.41) is 0. The van der Waals surface area contributed by atoms with Crippen LogP contribution in [0.4, 0.5) is 18.9 Å². The van der Waals surface area contributed by atoms with Crippen molar-refractivity contribution in [1.29, 1.82) is 0 Å². The first kappa shape index (κ1) is 17.7. The van der Waals surface area contributed by atoms with E-state index in [1.165, 1.54) is 25.7 Å². The monoisotopic (exact) mass is 327 g/mol. The van der Waals surface area contributed by atoms with Crippen LogP contribution in [0.3, 0.4) is 0 Å². The van der Waals surface area contributed by atoms with E-state index in [4.69, 9.17) is 4.74 Å². The molecule has 1 aliphatic heterocycles. The molecule has 0 unspecified atom stereocenters. The van der Waals surface area contributed by atoms with E-state index < -0.39 is 6.18 Å². The Hall–Kier alpha value is -1.65. The second kappa shape index (κ2) is 8.27. The van der Waals surface area contributed by atoms with Crippen LogP contribution in [-0.2, 0) is 0 Å². The lowest BCUT2D eigenvalue weighted by molar-refractivity contribution is -0.0801. The van der Waals surface area contributed by atoms with Crippen molar-refractivity contribution in [3.63, 3.8) is 0 Å². The molecule has 0 radical (unpaired) electrons. The third kappa shape index (κ3) is 6.16. The van der Waals surface area contributed by atoms with Gasteiger partial charge in [-0.2, -0.15) is 13.2 Å². The number of hydrogen-bond acceptors (Lipinski definition) is 2. The molecule has 0 atom stereocenters. The molecule has 0 aromatic heterocycles. The van der Waals surface area contributed by atoms with Crippen LogP contribution in [0.2, 0.25) is 0 Å². The van der Waals surface area contributed by atoms with Gasteiger partial charge in [-0.3, -0.25) is 0 Å². The zero-order chi connectivity index (χ0) is 16.7. The summed E-state index contributed by atoms with van der Waals surface area (Å²) in [5.74, 6) is 1.43. The Morgan fingerprint density at radius 2 is 1.83 bits per heavy atom. The van der Waals surface area contributed by atoms with Crippen molar-refractivity contribution in [3.05, 3.63) is 36.4 Å². The summed E-state index contributed by atoms with van der Waals surface area (Å²) >= 11 is 0. The molecule has 0 aliphatic carbocycles. The van der Waals surface area contributed by atoms with Gasteiger partial charge in [0.1, 0.15) is 12.4 Å². The normalized spacial score (nSPS) is 17.0. The Kier molecular flexibility index (Phi) is 6.37. The van der Waals surface area contributed by atoms with Gasteiger partial charge in [0.25, 0.3) is 0 Å². The van der Waals surface area contributed by atoms with E-state index in [1.54, 1.807) is 0 Å². The highest BCUT2D eigenvalue weighted by molar-refractivity contribution is 5.49. The molecule has 1 saturated heterocycles. The van der Waals surface area contributed by atoms with E-state index >= 15 is 0 Å². The summed E-state index contributed by atoms with van der Waals surface area (Å²) < 4.78 is 41.2. The molecule has 0 spiro atoms. The van der Waals surface area contributed by atoms with Gasteiger partial charge in [0.05, 0.1) is 0 Å². The standard InChI is InChI=1S/C18H24F3NO/c1-2-4-15-9-12-22(13-10-15)16-5-7-17(8-6-16)23-14-3-11-18(19,20)21/h3,5-8,11,15H,2,4,9-10,12-14H2,1H3. The van der Waals surface area contributed by atoms with Crippen LogP contribution in [0.15, 0.2) is 36.4 Å². The van der Waals surface area contributed by atoms with Crippen LogP contribution < -0.4 is 9.64 Å². The number of ether oxygens (including phenoxy) is 1. The van der Waals surface area contributed by atoms with E-state index in [-0.39, 0.29) is 12.7 Å². The molecule has 1 fully saturated rings. The van der Waals surface area contributed by atoms with Crippen LogP contribution in [0.1, 0.15) is 32.6 Å². The van der Waals surface area contributed by atoms with E-state index in [2.05, 4.69) is 11.8 Å². The Morgan fingerprint density at radius 1 is 1.17 bits per heavy atom. The fourth-order valence-corrected chi connectivity index (χ4v) is 2.97. The third-order valence-electron chi connectivity index (χ3n) is 4.17. The maximum absolute atomic E-state index is 12.0. The predicted octanol–water partition coefficient (Wildman–Crippen LogP) is 5.20. The van der Waals surface area contributed by atoms with Gasteiger partial charge in [0, 0.05) is 24.9 Å². The first-order chi connectivity index (χ1) is 11.0. The quantitative estimate of drug-likeness (QED) is 0.666. The second-order valence-corrected chi connectivity index (χ2v) is 5.97. The van der Waals surface area contributed by atoms with Gasteiger partial charge in [-0.15, -0.1) is 0 Å². The molecule has 0 saturated carbocycles. The maximum atomic E-state index is 12.0. The summed E-state index contributed by atoms with van der Waals surface area (Å²) in [6.45, 7) is 4.29. The first-order valence-corrected chi connectivity index (χ1v) is 8.20. The lowest BCUT2D eigenvalue weighted by Crippen LogP contribution is -2.33. The molecular weight excluding hydrogens is 303 g/mol. The molecule has 1 aromatic rings. The molecule has 0 N–H and O–H groups in total. The summed E-state index contributed by atoms with van der Waals surface area (Å²) in [6, 6.07) is 7.58. The average molecular weight is 327 g/mol. The zero-order valence-electron chi connectivity index (χ0n) is 13.5. The van der Waals surface area contributed by atoms with Crippen LogP contribution >= 0.6 is 0 Å². The fourth-order valence-electron chi connectivity index (χ4n) is 2.97. The van der Waals surface area contributed by atoms with Crippen molar-refractivity contribution >= 4 is 5.69 Å². The van der Waals surface area contributed by atoms with Gasteiger partial charge in [-0.1, -0.05) is 19.8 Å². The highest BCUT2D eigenvalue weighted by atomic mass is 19.4. The van der Waals surface area contributed by atoms with E-state index in [9.17, 15) is 13.2 Å². The van der Waals surface area contributed by atoms with Crippen molar-refractivity contribution in [2.24, 2.45) is 5.92 Å². The minimum atomic E-state index is -4.28. The number of benzene rings is 1. The van der Waals surface area contributed by atoms with Crippen molar-refractivity contribution < 1.29 is 17.9 Å². The lowest BCUT2D eigenvalue weighted by atomic mass is 9.92. The average Bonchev–Trinajstić information content (AvgIpc) is 2.52. The first-order valence-electron chi connectivity index (χ1n) is 8.20. The number of hydrogen-bond donors (Lipinski definition) is 0. The molecule has 1 heterocycles. The molecule has 2 nitrogen and oxygen atoms in total. The maximum Gasteiger partial charge on any atom is 0.409 e. The second-order valence-electron chi connectivity index (χ2n) is 5.97. The Labute approximate surface area is 135 Å². The van der Waals surface area contributed by atoms with Gasteiger partial charge >= 0.3 is 6.18 Å². The lowest BCUT2D eigenvalue weighted by Gasteiger charge is -2.33.